The van der Waals surface area contributed by atoms with E-state index in [9.17, 15) is 30.7 Å². The molecule has 0 aliphatic heterocycles. The number of halogens is 7. The maximum atomic E-state index is 15.0. The van der Waals surface area contributed by atoms with E-state index in [0.717, 1.165) is 31.2 Å². The summed E-state index contributed by atoms with van der Waals surface area (Å²) in [7, 11) is 1.92. The van der Waals surface area contributed by atoms with Crippen LogP contribution in [0.3, 0.4) is 0 Å². The van der Waals surface area contributed by atoms with Crippen LogP contribution < -0.4 is 10.6 Å². The standard InChI is InChI=1S/C21H26F4N2.C2HF3O2/c1-26-18-7-9-19(10-8-18)27-14-17-13-16(15-5-3-2-4-6-15)11-12-20(17,22)21(23,24)25;3-2(4,5)1(6)7/h2-6,11-13,17-19,26-27H,7-10,14H2,1H3;(H,6,7). The first kappa shape index (κ1) is 27.8. The fraction of sp³-hybridized carbons (Fsp3) is 0.522. The van der Waals surface area contributed by atoms with Gasteiger partial charge in [-0.25, -0.2) is 9.18 Å². The van der Waals surface area contributed by atoms with Crippen LogP contribution in [-0.4, -0.2) is 54.8 Å². The van der Waals surface area contributed by atoms with Crippen LogP contribution in [0, 0.1) is 5.92 Å². The lowest BCUT2D eigenvalue weighted by molar-refractivity contribution is -0.223. The zero-order valence-electron chi connectivity index (χ0n) is 18.4. The number of carboxylic acid groups (broad SMARTS) is 1. The number of rotatable bonds is 5. The highest BCUT2D eigenvalue weighted by Crippen LogP contribution is 2.45. The van der Waals surface area contributed by atoms with Crippen LogP contribution in [0.2, 0.25) is 0 Å². The van der Waals surface area contributed by atoms with Crippen molar-refractivity contribution in [1.29, 1.82) is 0 Å². The van der Waals surface area contributed by atoms with Gasteiger partial charge in [0.05, 0.1) is 0 Å². The average Bonchev–Trinajstić information content (AvgIpc) is 2.78. The summed E-state index contributed by atoms with van der Waals surface area (Å²) in [5.41, 5.74) is -1.93. The fourth-order valence-electron chi connectivity index (χ4n) is 3.94. The average molecular weight is 496 g/mol. The van der Waals surface area contributed by atoms with Crippen molar-refractivity contribution in [3.63, 3.8) is 0 Å². The molecule has 2 aliphatic rings. The molecule has 3 rings (SSSR count). The number of aliphatic carboxylic acids is 1. The topological polar surface area (TPSA) is 61.4 Å². The van der Waals surface area contributed by atoms with Crippen LogP contribution in [0.1, 0.15) is 31.2 Å². The van der Waals surface area contributed by atoms with Gasteiger partial charge in [-0.3, -0.25) is 0 Å². The Bertz CT molecular complexity index is 860. The lowest BCUT2D eigenvalue weighted by Crippen LogP contribution is -2.51. The Morgan fingerprint density at radius 1 is 1.03 bits per heavy atom. The van der Waals surface area contributed by atoms with Crippen molar-refractivity contribution >= 4 is 11.5 Å². The van der Waals surface area contributed by atoms with E-state index in [2.05, 4.69) is 10.6 Å². The van der Waals surface area contributed by atoms with Gasteiger partial charge in [0, 0.05) is 24.5 Å². The molecule has 190 valence electrons. The third-order valence-electron chi connectivity index (χ3n) is 5.97. The molecule has 0 radical (unpaired) electrons. The second-order valence-electron chi connectivity index (χ2n) is 8.24. The van der Waals surface area contributed by atoms with Gasteiger partial charge in [-0.05, 0) is 49.9 Å². The smallest absolute Gasteiger partial charge is 0.475 e. The molecule has 4 nitrogen and oxygen atoms in total. The molecule has 3 N–H and O–H groups in total. The van der Waals surface area contributed by atoms with Gasteiger partial charge in [0.15, 0.2) is 0 Å². The number of hydrogen-bond acceptors (Lipinski definition) is 3. The fourth-order valence-corrected chi connectivity index (χ4v) is 3.94. The minimum atomic E-state index is -5.08. The Morgan fingerprint density at radius 3 is 2.03 bits per heavy atom. The van der Waals surface area contributed by atoms with E-state index in [0.29, 0.717) is 17.7 Å². The van der Waals surface area contributed by atoms with Crippen molar-refractivity contribution in [1.82, 2.24) is 10.6 Å². The van der Waals surface area contributed by atoms with Gasteiger partial charge >= 0.3 is 18.3 Å². The Labute approximate surface area is 192 Å². The molecule has 1 aromatic carbocycles. The lowest BCUT2D eigenvalue weighted by atomic mass is 9.80. The number of hydrogen-bond donors (Lipinski definition) is 3. The Morgan fingerprint density at radius 2 is 1.56 bits per heavy atom. The predicted octanol–water partition coefficient (Wildman–Crippen LogP) is 5.28. The first-order chi connectivity index (χ1) is 15.8. The zero-order valence-corrected chi connectivity index (χ0v) is 18.4. The Kier molecular flexibility index (Phi) is 9.29. The van der Waals surface area contributed by atoms with Crippen LogP contribution in [-0.2, 0) is 4.79 Å². The quantitative estimate of drug-likeness (QED) is 0.486. The van der Waals surface area contributed by atoms with Gasteiger partial charge in [-0.2, -0.15) is 26.3 Å². The summed E-state index contributed by atoms with van der Waals surface area (Å²) in [5, 5.41) is 13.5. The van der Waals surface area contributed by atoms with E-state index >= 15 is 0 Å². The third kappa shape index (κ3) is 7.30. The second kappa shape index (κ2) is 11.4. The summed E-state index contributed by atoms with van der Waals surface area (Å²) in [6.07, 6.45) is -2.96. The molecular formula is C23H27F7N2O2. The number of carbonyl (C=O) groups is 1. The van der Waals surface area contributed by atoms with Gasteiger partial charge in [0.2, 0.25) is 5.67 Å². The number of allylic oxidation sites excluding steroid dienone is 3. The molecule has 0 bridgehead atoms. The molecule has 34 heavy (non-hydrogen) atoms. The van der Waals surface area contributed by atoms with Gasteiger partial charge in [0.1, 0.15) is 0 Å². The van der Waals surface area contributed by atoms with Gasteiger partial charge in [0.25, 0.3) is 0 Å². The Hall–Kier alpha value is -2.40. The molecule has 2 atom stereocenters. The molecule has 2 aliphatic carbocycles. The van der Waals surface area contributed by atoms with Gasteiger partial charge in [-0.15, -0.1) is 0 Å². The van der Waals surface area contributed by atoms with Gasteiger partial charge in [-0.1, -0.05) is 42.5 Å². The highest BCUT2D eigenvalue weighted by atomic mass is 19.4. The monoisotopic (exact) mass is 496 g/mol. The number of carboxylic acids is 1. The molecular weight excluding hydrogens is 469 g/mol. The molecule has 1 fully saturated rings. The first-order valence-electron chi connectivity index (χ1n) is 10.7. The molecule has 2 unspecified atom stereocenters. The highest BCUT2D eigenvalue weighted by molar-refractivity contribution is 5.76. The van der Waals surface area contributed by atoms with Crippen molar-refractivity contribution < 1.29 is 40.6 Å². The second-order valence-corrected chi connectivity index (χ2v) is 8.24. The molecule has 0 saturated heterocycles. The molecule has 1 saturated carbocycles. The van der Waals surface area contributed by atoms with Crippen LogP contribution in [0.15, 0.2) is 48.6 Å². The summed E-state index contributed by atoms with van der Waals surface area (Å²) < 4.78 is 87.2. The van der Waals surface area contributed by atoms with E-state index < -0.39 is 29.9 Å². The van der Waals surface area contributed by atoms with E-state index in [1.54, 1.807) is 0 Å². The van der Waals surface area contributed by atoms with Crippen molar-refractivity contribution in [2.24, 2.45) is 5.92 Å². The van der Waals surface area contributed by atoms with E-state index in [4.69, 9.17) is 9.90 Å². The van der Waals surface area contributed by atoms with E-state index in [1.807, 2.05) is 37.4 Å². The highest BCUT2D eigenvalue weighted by Gasteiger charge is 2.59. The van der Waals surface area contributed by atoms with Crippen molar-refractivity contribution in [2.45, 2.75) is 55.8 Å². The van der Waals surface area contributed by atoms with Crippen LogP contribution in [0.4, 0.5) is 30.7 Å². The minimum Gasteiger partial charge on any atom is -0.475 e. The normalized spacial score (nSPS) is 27.4. The summed E-state index contributed by atoms with van der Waals surface area (Å²) in [6, 6.07) is 9.70. The molecule has 11 heteroatoms. The molecule has 0 spiro atoms. The third-order valence-corrected chi connectivity index (χ3v) is 5.97. The summed E-state index contributed by atoms with van der Waals surface area (Å²) in [4.78, 5) is 8.90. The lowest BCUT2D eigenvalue weighted by Gasteiger charge is -2.36. The summed E-state index contributed by atoms with van der Waals surface area (Å²) >= 11 is 0. The summed E-state index contributed by atoms with van der Waals surface area (Å²) in [6.45, 7) is -0.0361. The number of alkyl halides is 7. The molecule has 0 aromatic heterocycles. The van der Waals surface area contributed by atoms with Crippen LogP contribution in [0.25, 0.3) is 5.57 Å². The largest absolute Gasteiger partial charge is 0.490 e. The SMILES string of the molecule is CNC1CCC(NCC2C=C(c3ccccc3)C=CC2(F)C(F)(F)F)CC1.O=C(O)C(F)(F)F. The van der Waals surface area contributed by atoms with E-state index in [1.165, 1.54) is 12.2 Å². The van der Waals surface area contributed by atoms with Crippen LogP contribution in [0.5, 0.6) is 0 Å². The van der Waals surface area contributed by atoms with Crippen molar-refractivity contribution in [3.8, 4) is 0 Å². The number of nitrogens with one attached hydrogen (secondary N) is 2. The van der Waals surface area contributed by atoms with Crippen molar-refractivity contribution in [2.75, 3.05) is 13.6 Å². The molecule has 1 aromatic rings. The minimum absolute atomic E-state index is 0.0361. The number of benzene rings is 1. The van der Waals surface area contributed by atoms with Crippen molar-refractivity contribution in [3.05, 3.63) is 54.1 Å². The molecule has 0 amide bonds. The predicted molar refractivity (Wildman–Crippen MR) is 114 cm³/mol. The van der Waals surface area contributed by atoms with Gasteiger partial charge < -0.3 is 15.7 Å². The maximum absolute atomic E-state index is 15.0. The first-order valence-corrected chi connectivity index (χ1v) is 10.7. The summed E-state index contributed by atoms with van der Waals surface area (Å²) in [5.74, 6) is -4.05. The maximum Gasteiger partial charge on any atom is 0.490 e. The van der Waals surface area contributed by atoms with E-state index in [-0.39, 0.29) is 12.6 Å². The zero-order chi connectivity index (χ0) is 25.6. The molecule has 0 heterocycles. The van der Waals surface area contributed by atoms with Crippen LogP contribution >= 0.6 is 0 Å². The Balaban J connectivity index is 0.000000509.